The molecule has 0 bridgehead atoms. The van der Waals surface area contributed by atoms with E-state index in [0.29, 0.717) is 11.8 Å². The molecule has 1 aromatic heterocycles. The lowest BCUT2D eigenvalue weighted by molar-refractivity contribution is 0.0696. The van der Waals surface area contributed by atoms with E-state index in [-0.39, 0.29) is 12.1 Å². The van der Waals surface area contributed by atoms with Gasteiger partial charge in [-0.3, -0.25) is 0 Å². The van der Waals surface area contributed by atoms with Gasteiger partial charge in [-0.1, -0.05) is 0 Å². The van der Waals surface area contributed by atoms with Crippen LogP contribution in [-0.4, -0.2) is 35.8 Å². The predicted molar refractivity (Wildman–Crippen MR) is 74.1 cm³/mol. The maximum Gasteiger partial charge on any atom is 0.335 e. The summed E-state index contributed by atoms with van der Waals surface area (Å²) >= 11 is 1.32. The normalized spacial score (nSPS) is 11.8. The number of aromatic carboxylic acids is 1. The first-order chi connectivity index (χ1) is 9.82. The zero-order valence-electron chi connectivity index (χ0n) is 10.9. The zero-order chi connectivity index (χ0) is 15.6. The molecule has 112 valence electrons. The molecule has 0 aliphatic carbocycles. The number of thiazole rings is 1. The summed E-state index contributed by atoms with van der Waals surface area (Å²) < 4.78 is 39.4. The number of carbonyl (C=O) groups is 1. The molecule has 1 heterocycles. The van der Waals surface area contributed by atoms with E-state index in [2.05, 4.69) is 4.98 Å². The monoisotopic (exact) mass is 330 g/mol. The highest BCUT2D eigenvalue weighted by Crippen LogP contribution is 2.21. The minimum Gasteiger partial charge on any atom is -0.478 e. The van der Waals surface area contributed by atoms with Crippen molar-refractivity contribution in [3.8, 4) is 0 Å². The Bertz CT molecular complexity index is 760. The van der Waals surface area contributed by atoms with Crippen molar-refractivity contribution < 1.29 is 22.7 Å². The van der Waals surface area contributed by atoms with E-state index in [0.717, 1.165) is 16.4 Å². The van der Waals surface area contributed by atoms with E-state index in [1.807, 2.05) is 0 Å². The summed E-state index contributed by atoms with van der Waals surface area (Å²) in [5.74, 6) is -2.42. The summed E-state index contributed by atoms with van der Waals surface area (Å²) in [5, 5.41) is 10.4. The van der Waals surface area contributed by atoms with Crippen LogP contribution in [0.3, 0.4) is 0 Å². The third kappa shape index (κ3) is 3.26. The van der Waals surface area contributed by atoms with Crippen LogP contribution >= 0.6 is 11.3 Å². The van der Waals surface area contributed by atoms with E-state index in [1.165, 1.54) is 18.4 Å². The van der Waals surface area contributed by atoms with Crippen molar-refractivity contribution >= 4 is 27.3 Å². The topological polar surface area (TPSA) is 87.6 Å². The zero-order valence-corrected chi connectivity index (χ0v) is 12.5. The van der Waals surface area contributed by atoms with Crippen LogP contribution in [0.5, 0.6) is 0 Å². The Hall–Kier alpha value is -1.84. The molecular weight excluding hydrogens is 319 g/mol. The van der Waals surface area contributed by atoms with Crippen LogP contribution in [0.1, 0.15) is 16.1 Å². The molecule has 6 nitrogen and oxygen atoms in total. The first-order valence-electron chi connectivity index (χ1n) is 5.68. The first kappa shape index (κ1) is 15.5. The van der Waals surface area contributed by atoms with Gasteiger partial charge in [0, 0.05) is 12.4 Å². The average Bonchev–Trinajstić information content (AvgIpc) is 2.90. The van der Waals surface area contributed by atoms with Gasteiger partial charge in [0.15, 0.2) is 0 Å². The van der Waals surface area contributed by atoms with Gasteiger partial charge in [0.05, 0.1) is 23.3 Å². The Kier molecular flexibility index (Phi) is 4.35. The summed E-state index contributed by atoms with van der Waals surface area (Å²) in [6, 6.07) is 2.69. The molecule has 0 aliphatic heterocycles. The molecule has 0 fully saturated rings. The number of hydrogen-bond donors (Lipinski definition) is 1. The smallest absolute Gasteiger partial charge is 0.335 e. The van der Waals surface area contributed by atoms with Crippen LogP contribution < -0.4 is 0 Å². The van der Waals surface area contributed by atoms with Crippen LogP contribution in [0.4, 0.5) is 4.39 Å². The summed E-state index contributed by atoms with van der Waals surface area (Å²) in [6.07, 6.45) is 0. The number of benzene rings is 1. The van der Waals surface area contributed by atoms with Gasteiger partial charge in [-0.25, -0.2) is 22.6 Å². The van der Waals surface area contributed by atoms with Gasteiger partial charge < -0.3 is 5.11 Å². The Morgan fingerprint density at radius 3 is 2.71 bits per heavy atom. The van der Waals surface area contributed by atoms with Gasteiger partial charge in [0.25, 0.3) is 0 Å². The fourth-order valence-electron chi connectivity index (χ4n) is 1.64. The average molecular weight is 330 g/mol. The molecule has 0 aliphatic rings. The molecule has 0 amide bonds. The number of halogens is 1. The van der Waals surface area contributed by atoms with Crippen molar-refractivity contribution in [2.24, 2.45) is 0 Å². The number of sulfonamides is 1. The van der Waals surface area contributed by atoms with E-state index in [1.54, 1.807) is 10.9 Å². The quantitative estimate of drug-likeness (QED) is 0.903. The molecule has 0 spiro atoms. The molecule has 21 heavy (non-hydrogen) atoms. The van der Waals surface area contributed by atoms with Crippen molar-refractivity contribution in [1.82, 2.24) is 9.29 Å². The Morgan fingerprint density at radius 2 is 2.19 bits per heavy atom. The number of hydrogen-bond acceptors (Lipinski definition) is 5. The summed E-state index contributed by atoms with van der Waals surface area (Å²) in [5.41, 5.74) is 1.81. The van der Waals surface area contributed by atoms with Crippen LogP contribution in [0.25, 0.3) is 0 Å². The van der Waals surface area contributed by atoms with Crippen LogP contribution in [0.15, 0.2) is 34.0 Å². The van der Waals surface area contributed by atoms with E-state index in [9.17, 15) is 17.6 Å². The van der Waals surface area contributed by atoms with Crippen LogP contribution in [0, 0.1) is 5.82 Å². The number of carboxylic acid groups (broad SMARTS) is 1. The summed E-state index contributed by atoms with van der Waals surface area (Å²) in [7, 11) is -2.75. The second-order valence-electron chi connectivity index (χ2n) is 4.19. The molecule has 0 saturated carbocycles. The number of aromatic nitrogens is 1. The van der Waals surface area contributed by atoms with Gasteiger partial charge in [0.1, 0.15) is 10.7 Å². The fraction of sp³-hybridized carbons (Fsp3) is 0.167. The standard InChI is InChI=1S/C12H11FN2O4S2/c1-15(5-9-6-20-7-14-9)21(18,19)11-3-2-8(12(16)17)4-10(11)13/h2-4,6-7H,5H2,1H3,(H,16,17). The highest BCUT2D eigenvalue weighted by molar-refractivity contribution is 7.89. The Balaban J connectivity index is 2.33. The van der Waals surface area contributed by atoms with Gasteiger partial charge in [0.2, 0.25) is 10.0 Å². The molecule has 2 aromatic rings. The molecule has 1 aromatic carbocycles. The summed E-state index contributed by atoms with van der Waals surface area (Å²) in [4.78, 5) is 14.1. The lowest BCUT2D eigenvalue weighted by Gasteiger charge is -2.16. The molecule has 0 radical (unpaired) electrons. The molecule has 0 atom stereocenters. The van der Waals surface area contributed by atoms with Crippen molar-refractivity contribution in [2.45, 2.75) is 11.4 Å². The lowest BCUT2D eigenvalue weighted by Crippen LogP contribution is -2.27. The maximum absolute atomic E-state index is 13.9. The Morgan fingerprint density at radius 1 is 1.48 bits per heavy atom. The molecular formula is C12H11FN2O4S2. The minimum atomic E-state index is -4.06. The van der Waals surface area contributed by atoms with Gasteiger partial charge >= 0.3 is 5.97 Å². The Labute approximate surface area is 124 Å². The lowest BCUT2D eigenvalue weighted by atomic mass is 10.2. The van der Waals surface area contributed by atoms with Gasteiger partial charge in [-0.15, -0.1) is 11.3 Å². The number of rotatable bonds is 5. The second-order valence-corrected chi connectivity index (χ2v) is 6.92. The minimum absolute atomic E-state index is 0.00591. The SMILES string of the molecule is CN(Cc1cscn1)S(=O)(=O)c1ccc(C(=O)O)cc1F. The second kappa shape index (κ2) is 5.88. The van der Waals surface area contributed by atoms with Gasteiger partial charge in [-0.05, 0) is 18.2 Å². The molecule has 0 unspecified atom stereocenters. The van der Waals surface area contributed by atoms with Crippen molar-refractivity contribution in [3.05, 3.63) is 46.2 Å². The molecule has 2 rings (SSSR count). The van der Waals surface area contributed by atoms with Crippen molar-refractivity contribution in [1.29, 1.82) is 0 Å². The highest BCUT2D eigenvalue weighted by atomic mass is 32.2. The van der Waals surface area contributed by atoms with E-state index >= 15 is 0 Å². The molecule has 0 saturated heterocycles. The molecule has 9 heteroatoms. The number of nitrogens with zero attached hydrogens (tertiary/aromatic N) is 2. The first-order valence-corrected chi connectivity index (χ1v) is 8.07. The maximum atomic E-state index is 13.9. The van der Waals surface area contributed by atoms with E-state index < -0.39 is 26.7 Å². The predicted octanol–water partition coefficient (Wildman–Crippen LogP) is 1.80. The summed E-state index contributed by atoms with van der Waals surface area (Å²) in [6.45, 7) is 0.00591. The third-order valence-electron chi connectivity index (χ3n) is 2.74. The van der Waals surface area contributed by atoms with Crippen LogP contribution in [-0.2, 0) is 16.6 Å². The largest absolute Gasteiger partial charge is 0.478 e. The van der Waals surface area contributed by atoms with Crippen LogP contribution in [0.2, 0.25) is 0 Å². The third-order valence-corrected chi connectivity index (χ3v) is 5.21. The van der Waals surface area contributed by atoms with E-state index in [4.69, 9.17) is 5.11 Å². The molecule has 1 N–H and O–H groups in total. The van der Waals surface area contributed by atoms with Gasteiger partial charge in [-0.2, -0.15) is 4.31 Å². The highest BCUT2D eigenvalue weighted by Gasteiger charge is 2.25. The fourth-order valence-corrected chi connectivity index (χ4v) is 3.37. The number of carboxylic acids is 1. The van der Waals surface area contributed by atoms with Crippen molar-refractivity contribution in [3.63, 3.8) is 0 Å². The van der Waals surface area contributed by atoms with Crippen molar-refractivity contribution in [2.75, 3.05) is 7.05 Å².